The molecule has 6 heteroatoms. The van der Waals surface area contributed by atoms with Gasteiger partial charge < -0.3 is 14.8 Å². The molecule has 0 spiro atoms. The molecule has 3 aromatic rings. The molecule has 2 N–H and O–H groups in total. The third-order valence-electron chi connectivity index (χ3n) is 5.43. The Morgan fingerprint density at radius 1 is 1.24 bits per heavy atom. The Kier molecular flexibility index (Phi) is 6.97. The highest BCUT2D eigenvalue weighted by molar-refractivity contribution is 5.94. The van der Waals surface area contributed by atoms with Gasteiger partial charge in [-0.1, -0.05) is 36.9 Å². The number of hydrogen-bond acceptors (Lipinski definition) is 4. The smallest absolute Gasteiger partial charge is 0.337 e. The highest BCUT2D eigenvalue weighted by Crippen LogP contribution is 2.32. The van der Waals surface area contributed by atoms with Crippen LogP contribution in [0.3, 0.4) is 0 Å². The fraction of sp³-hybridized carbons (Fsp3) is 0.185. The van der Waals surface area contributed by atoms with E-state index in [1.165, 1.54) is 12.1 Å². The van der Waals surface area contributed by atoms with Crippen LogP contribution in [0.1, 0.15) is 52.7 Å². The van der Waals surface area contributed by atoms with Crippen LogP contribution in [0.15, 0.2) is 70.4 Å². The normalized spacial score (nSPS) is 12.8. The number of allylic oxidation sites excluding steroid dienone is 5. The molecule has 0 radical (unpaired) electrons. The fourth-order valence-electron chi connectivity index (χ4n) is 3.77. The Labute approximate surface area is 191 Å². The van der Waals surface area contributed by atoms with E-state index >= 15 is 0 Å². The Morgan fingerprint density at radius 3 is 2.61 bits per heavy atom. The van der Waals surface area contributed by atoms with Crippen LogP contribution in [0.4, 0.5) is 10.1 Å². The maximum atomic E-state index is 13.6. The van der Waals surface area contributed by atoms with Crippen LogP contribution in [0.5, 0.6) is 0 Å². The maximum Gasteiger partial charge on any atom is 0.337 e. The Hall–Kier alpha value is -3.93. The number of carboxylic acid groups (broad SMARTS) is 1. The van der Waals surface area contributed by atoms with Gasteiger partial charge in [0.2, 0.25) is 0 Å². The molecule has 1 heterocycles. The number of rotatable bonds is 7. The fourth-order valence-corrected chi connectivity index (χ4v) is 3.77. The molecule has 1 atom stereocenters. The van der Waals surface area contributed by atoms with E-state index in [1.807, 2.05) is 39.0 Å². The van der Waals surface area contributed by atoms with Crippen molar-refractivity contribution in [3.63, 3.8) is 0 Å². The highest BCUT2D eigenvalue weighted by atomic mass is 19.1. The van der Waals surface area contributed by atoms with Crippen molar-refractivity contribution in [2.45, 2.75) is 33.7 Å². The molecule has 3 rings (SSSR count). The van der Waals surface area contributed by atoms with Crippen molar-refractivity contribution < 1.29 is 18.7 Å². The summed E-state index contributed by atoms with van der Waals surface area (Å²) >= 11 is 0. The second kappa shape index (κ2) is 9.69. The van der Waals surface area contributed by atoms with Crippen molar-refractivity contribution in [3.8, 4) is 0 Å². The molecule has 0 aliphatic carbocycles. The molecule has 0 saturated heterocycles. The molecule has 0 fully saturated rings. The van der Waals surface area contributed by atoms with E-state index in [4.69, 9.17) is 4.42 Å². The monoisotopic (exact) mass is 447 g/mol. The lowest BCUT2D eigenvalue weighted by Gasteiger charge is -2.20. The van der Waals surface area contributed by atoms with Crippen molar-refractivity contribution in [3.05, 3.63) is 105 Å². The average molecular weight is 448 g/mol. The number of halogens is 1. The van der Waals surface area contributed by atoms with E-state index in [-0.39, 0.29) is 16.7 Å². The summed E-state index contributed by atoms with van der Waals surface area (Å²) in [4.78, 5) is 24.8. The summed E-state index contributed by atoms with van der Waals surface area (Å²) in [6, 6.07) is 6.79. The second-order valence-electron chi connectivity index (χ2n) is 7.82. The van der Waals surface area contributed by atoms with Gasteiger partial charge in [-0.05, 0) is 57.5 Å². The molecule has 0 aliphatic rings. The van der Waals surface area contributed by atoms with E-state index < -0.39 is 17.8 Å². The number of fused-ring (bicyclic) bond motifs is 1. The van der Waals surface area contributed by atoms with Gasteiger partial charge in [-0.25, -0.2) is 9.18 Å². The van der Waals surface area contributed by atoms with Gasteiger partial charge in [-0.15, -0.1) is 0 Å². The SMILES string of the molecule is C=C/C=C\C(=C/C)c1oc2c(C(C)Nc3ccc(F)cc3C(=O)O)cc(C)cc2c(=O)c1C. The quantitative estimate of drug-likeness (QED) is 0.401. The van der Waals surface area contributed by atoms with E-state index in [0.717, 1.165) is 17.2 Å². The highest BCUT2D eigenvalue weighted by Gasteiger charge is 2.20. The van der Waals surface area contributed by atoms with Crippen LogP contribution < -0.4 is 10.7 Å². The number of carbonyl (C=O) groups is 1. The summed E-state index contributed by atoms with van der Waals surface area (Å²) < 4.78 is 19.9. The Bertz CT molecular complexity index is 1360. The largest absolute Gasteiger partial charge is 0.478 e. The Morgan fingerprint density at radius 2 is 1.97 bits per heavy atom. The van der Waals surface area contributed by atoms with Crippen LogP contribution >= 0.6 is 0 Å². The van der Waals surface area contributed by atoms with Gasteiger partial charge in [0.05, 0.1) is 17.0 Å². The van der Waals surface area contributed by atoms with Crippen molar-refractivity contribution in [1.29, 1.82) is 0 Å². The summed E-state index contributed by atoms with van der Waals surface area (Å²) in [6.45, 7) is 11.0. The molecular formula is C27H26FNO4. The number of nitrogens with one attached hydrogen (secondary N) is 1. The van der Waals surface area contributed by atoms with Crippen molar-refractivity contribution >= 4 is 28.2 Å². The summed E-state index contributed by atoms with van der Waals surface area (Å²) in [5, 5.41) is 13.0. The van der Waals surface area contributed by atoms with Crippen LogP contribution in [-0.4, -0.2) is 11.1 Å². The molecule has 0 aliphatic heterocycles. The zero-order valence-electron chi connectivity index (χ0n) is 19.0. The van der Waals surface area contributed by atoms with Gasteiger partial charge in [0.15, 0.2) is 5.43 Å². The first-order chi connectivity index (χ1) is 15.7. The van der Waals surface area contributed by atoms with Crippen molar-refractivity contribution in [2.75, 3.05) is 5.32 Å². The third-order valence-corrected chi connectivity index (χ3v) is 5.43. The molecule has 1 aromatic heterocycles. The molecule has 2 aromatic carbocycles. The van der Waals surface area contributed by atoms with E-state index in [2.05, 4.69) is 11.9 Å². The molecular weight excluding hydrogens is 421 g/mol. The first-order valence-electron chi connectivity index (χ1n) is 10.5. The average Bonchev–Trinajstić information content (AvgIpc) is 2.78. The van der Waals surface area contributed by atoms with Gasteiger partial charge in [-0.3, -0.25) is 4.79 Å². The number of anilines is 1. The molecule has 5 nitrogen and oxygen atoms in total. The lowest BCUT2D eigenvalue weighted by molar-refractivity contribution is 0.0697. The number of benzene rings is 2. The molecule has 1 unspecified atom stereocenters. The third kappa shape index (κ3) is 4.80. The lowest BCUT2D eigenvalue weighted by Crippen LogP contribution is -2.14. The van der Waals surface area contributed by atoms with Gasteiger partial charge in [0.25, 0.3) is 0 Å². The van der Waals surface area contributed by atoms with Crippen LogP contribution in [0.2, 0.25) is 0 Å². The second-order valence-corrected chi connectivity index (χ2v) is 7.82. The first-order valence-corrected chi connectivity index (χ1v) is 10.5. The lowest BCUT2D eigenvalue weighted by atomic mass is 9.98. The van der Waals surface area contributed by atoms with Gasteiger partial charge in [0, 0.05) is 22.4 Å². The van der Waals surface area contributed by atoms with E-state index in [0.29, 0.717) is 27.9 Å². The topological polar surface area (TPSA) is 79.5 Å². The molecule has 0 amide bonds. The first kappa shape index (κ1) is 23.7. The van der Waals surface area contributed by atoms with Crippen LogP contribution in [-0.2, 0) is 0 Å². The van der Waals surface area contributed by atoms with Gasteiger partial charge in [-0.2, -0.15) is 0 Å². The summed E-state index contributed by atoms with van der Waals surface area (Å²) in [7, 11) is 0. The van der Waals surface area contributed by atoms with Crippen molar-refractivity contribution in [1.82, 2.24) is 0 Å². The summed E-state index contributed by atoms with van der Waals surface area (Å²) in [5.74, 6) is -1.42. The zero-order valence-corrected chi connectivity index (χ0v) is 19.0. The van der Waals surface area contributed by atoms with E-state index in [1.54, 1.807) is 25.1 Å². The number of aromatic carboxylic acids is 1. The van der Waals surface area contributed by atoms with Crippen LogP contribution in [0.25, 0.3) is 16.5 Å². The summed E-state index contributed by atoms with van der Waals surface area (Å²) in [6.07, 6.45) is 7.07. The molecule has 0 saturated carbocycles. The molecule has 33 heavy (non-hydrogen) atoms. The minimum absolute atomic E-state index is 0.136. The predicted molar refractivity (Wildman–Crippen MR) is 130 cm³/mol. The molecule has 170 valence electrons. The minimum atomic E-state index is -1.24. The number of aryl methyl sites for hydroxylation is 1. The standard InChI is InChI=1S/C27H26FNO4/c1-6-8-9-18(7-2)25-16(4)24(30)22-13-15(3)12-20(26(22)33-25)17(5)29-23-11-10-19(28)14-21(23)27(31)32/h6-14,17,29H,1H2,2-5H3,(H,31,32)/b9-8-,18-7+. The predicted octanol–water partition coefficient (Wildman–Crippen LogP) is 6.57. The van der Waals surface area contributed by atoms with Crippen LogP contribution in [0, 0.1) is 19.7 Å². The Balaban J connectivity index is 2.21. The minimum Gasteiger partial charge on any atom is -0.478 e. The zero-order chi connectivity index (χ0) is 24.3. The summed E-state index contributed by atoms with van der Waals surface area (Å²) in [5.41, 5.74) is 3.15. The number of carboxylic acids is 1. The maximum absolute atomic E-state index is 13.6. The number of hydrogen-bond donors (Lipinski definition) is 2. The van der Waals surface area contributed by atoms with Crippen molar-refractivity contribution in [2.24, 2.45) is 0 Å². The van der Waals surface area contributed by atoms with Gasteiger partial charge >= 0.3 is 5.97 Å². The van der Waals surface area contributed by atoms with E-state index in [9.17, 15) is 19.1 Å². The molecule has 0 bridgehead atoms. The van der Waals surface area contributed by atoms with Gasteiger partial charge in [0.1, 0.15) is 17.2 Å².